The van der Waals surface area contributed by atoms with Crippen LogP contribution < -0.4 is 20.2 Å². The molecule has 0 heterocycles. The largest absolute Gasteiger partial charge is 0.493 e. The average Bonchev–Trinajstić information content (AvgIpc) is 2.87. The van der Waals surface area contributed by atoms with Crippen molar-refractivity contribution in [3.8, 4) is 11.5 Å². The monoisotopic (exact) mass is 595 g/mol. The number of benzene rings is 4. The van der Waals surface area contributed by atoms with Crippen LogP contribution in [0.15, 0.2) is 92.9 Å². The van der Waals surface area contributed by atoms with E-state index in [2.05, 4.69) is 72.0 Å². The number of carbonyl (C=O) groups excluding carboxylic acids is 1. The van der Waals surface area contributed by atoms with Gasteiger partial charge in [-0.2, -0.15) is 5.10 Å². The number of methoxy groups -OCH3 is 1. The van der Waals surface area contributed by atoms with E-state index in [0.29, 0.717) is 18.1 Å². The van der Waals surface area contributed by atoms with Crippen molar-refractivity contribution in [3.05, 3.63) is 98.9 Å². The topological polar surface area (TPSA) is 72.0 Å². The number of rotatable bonds is 9. The Morgan fingerprint density at radius 2 is 1.77 bits per heavy atom. The first-order valence-corrected chi connectivity index (χ1v) is 12.4. The van der Waals surface area contributed by atoms with Gasteiger partial charge in [0.2, 0.25) is 0 Å². The van der Waals surface area contributed by atoms with E-state index < -0.39 is 0 Å². The highest BCUT2D eigenvalue weighted by molar-refractivity contribution is 9.10. The molecule has 8 heteroatoms. The maximum atomic E-state index is 12.1. The first-order chi connectivity index (χ1) is 17.0. The Balaban J connectivity index is 1.38. The molecule has 178 valence electrons. The van der Waals surface area contributed by atoms with Crippen LogP contribution in [0.3, 0.4) is 0 Å². The number of carbonyl (C=O) groups is 1. The molecule has 35 heavy (non-hydrogen) atoms. The number of nitrogens with zero attached hydrogens (tertiary/aromatic N) is 1. The van der Waals surface area contributed by atoms with Crippen LogP contribution in [0.2, 0.25) is 0 Å². The lowest BCUT2D eigenvalue weighted by molar-refractivity contribution is -0.119. The molecule has 6 nitrogen and oxygen atoms in total. The Kier molecular flexibility index (Phi) is 8.39. The van der Waals surface area contributed by atoms with E-state index >= 15 is 0 Å². The predicted octanol–water partition coefficient (Wildman–Crippen LogP) is 6.51. The van der Waals surface area contributed by atoms with Crippen molar-refractivity contribution in [1.29, 1.82) is 0 Å². The summed E-state index contributed by atoms with van der Waals surface area (Å²) in [7, 11) is 1.59. The van der Waals surface area contributed by atoms with Gasteiger partial charge in [0.15, 0.2) is 11.5 Å². The molecule has 0 saturated carbocycles. The average molecular weight is 597 g/mol. The number of halogens is 2. The van der Waals surface area contributed by atoms with Gasteiger partial charge in [0.05, 0.1) is 24.3 Å². The Morgan fingerprint density at radius 3 is 2.57 bits per heavy atom. The van der Waals surface area contributed by atoms with Crippen LogP contribution in [0, 0.1) is 0 Å². The van der Waals surface area contributed by atoms with Crippen LogP contribution in [0.25, 0.3) is 10.8 Å². The first-order valence-electron chi connectivity index (χ1n) is 10.8. The molecule has 2 N–H and O–H groups in total. The fourth-order valence-electron chi connectivity index (χ4n) is 3.49. The summed E-state index contributed by atoms with van der Waals surface area (Å²) in [6.45, 7) is 0.498. The van der Waals surface area contributed by atoms with Crippen LogP contribution in [-0.2, 0) is 11.4 Å². The van der Waals surface area contributed by atoms with Crippen LogP contribution in [-0.4, -0.2) is 25.8 Å². The Hall–Kier alpha value is -3.36. The minimum Gasteiger partial charge on any atom is -0.493 e. The molecule has 0 aliphatic heterocycles. The SMILES string of the molecule is COc1cc(/C=N\NC(=O)CNc2ccc(Br)cc2)cc(Br)c1OCc1cccc2ccccc12. The molecule has 0 aliphatic carbocycles. The summed E-state index contributed by atoms with van der Waals surface area (Å²) in [4.78, 5) is 12.1. The van der Waals surface area contributed by atoms with E-state index in [0.717, 1.165) is 31.1 Å². The fourth-order valence-corrected chi connectivity index (χ4v) is 4.33. The lowest BCUT2D eigenvalue weighted by Gasteiger charge is -2.14. The van der Waals surface area contributed by atoms with E-state index in [9.17, 15) is 4.79 Å². The molecule has 1 amide bonds. The number of fused-ring (bicyclic) bond motifs is 1. The van der Waals surface area contributed by atoms with Gasteiger partial charge >= 0.3 is 0 Å². The van der Waals surface area contributed by atoms with Crippen molar-refractivity contribution in [2.75, 3.05) is 19.0 Å². The molecule has 0 saturated heterocycles. The van der Waals surface area contributed by atoms with Crippen molar-refractivity contribution >= 4 is 60.4 Å². The summed E-state index contributed by atoms with van der Waals surface area (Å²) in [5.41, 5.74) is 5.19. The zero-order valence-corrected chi connectivity index (χ0v) is 22.1. The summed E-state index contributed by atoms with van der Waals surface area (Å²) in [6, 6.07) is 25.6. The number of nitrogens with one attached hydrogen (secondary N) is 2. The third-order valence-electron chi connectivity index (χ3n) is 5.20. The number of anilines is 1. The Morgan fingerprint density at radius 1 is 1.00 bits per heavy atom. The standard InChI is InChI=1S/C27H23Br2N3O3/c1-34-25-14-18(15-31-32-26(33)16-30-22-11-9-21(28)10-12-22)13-24(29)27(25)35-17-20-7-4-6-19-5-2-3-8-23(19)20/h2-15,30H,16-17H2,1H3,(H,32,33)/b31-15-. The molecule has 0 spiro atoms. The zero-order chi connectivity index (χ0) is 24.6. The van der Waals surface area contributed by atoms with Crippen molar-refractivity contribution < 1.29 is 14.3 Å². The smallest absolute Gasteiger partial charge is 0.259 e. The van der Waals surface area contributed by atoms with Crippen LogP contribution in [0.5, 0.6) is 11.5 Å². The molecule has 0 unspecified atom stereocenters. The van der Waals surface area contributed by atoms with Gasteiger partial charge in [-0.25, -0.2) is 5.43 Å². The summed E-state index contributed by atoms with van der Waals surface area (Å²) in [5, 5.41) is 9.41. The van der Waals surface area contributed by atoms with E-state index in [1.54, 1.807) is 19.4 Å². The normalized spacial score (nSPS) is 10.9. The molecular weight excluding hydrogens is 574 g/mol. The zero-order valence-electron chi connectivity index (χ0n) is 18.9. The van der Waals surface area contributed by atoms with Gasteiger partial charge in [-0.15, -0.1) is 0 Å². The number of amides is 1. The summed E-state index contributed by atoms with van der Waals surface area (Å²) in [5.74, 6) is 0.898. The van der Waals surface area contributed by atoms with E-state index in [1.165, 1.54) is 5.39 Å². The van der Waals surface area contributed by atoms with Crippen molar-refractivity contribution in [3.63, 3.8) is 0 Å². The third kappa shape index (κ3) is 6.61. The fraction of sp³-hybridized carbons (Fsp3) is 0.111. The van der Waals surface area contributed by atoms with Gasteiger partial charge in [0, 0.05) is 10.2 Å². The highest BCUT2D eigenvalue weighted by Gasteiger charge is 2.12. The lowest BCUT2D eigenvalue weighted by atomic mass is 10.1. The number of hydrogen-bond acceptors (Lipinski definition) is 5. The molecule has 0 fully saturated rings. The van der Waals surface area contributed by atoms with E-state index in [1.807, 2.05) is 48.5 Å². The second kappa shape index (κ2) is 11.9. The number of hydrogen-bond donors (Lipinski definition) is 2. The molecule has 0 aliphatic rings. The van der Waals surface area contributed by atoms with E-state index in [-0.39, 0.29) is 12.5 Å². The van der Waals surface area contributed by atoms with Crippen molar-refractivity contribution in [2.24, 2.45) is 5.10 Å². The quantitative estimate of drug-likeness (QED) is 0.171. The van der Waals surface area contributed by atoms with Gasteiger partial charge in [-0.3, -0.25) is 4.79 Å². The van der Waals surface area contributed by atoms with Gasteiger partial charge in [-0.1, -0.05) is 58.4 Å². The minimum atomic E-state index is -0.259. The second-order valence-corrected chi connectivity index (χ2v) is 9.38. The summed E-state index contributed by atoms with van der Waals surface area (Å²) in [6.07, 6.45) is 1.55. The van der Waals surface area contributed by atoms with Gasteiger partial charge < -0.3 is 14.8 Å². The van der Waals surface area contributed by atoms with Crippen LogP contribution in [0.1, 0.15) is 11.1 Å². The number of hydrazone groups is 1. The summed E-state index contributed by atoms with van der Waals surface area (Å²) >= 11 is 6.95. The van der Waals surface area contributed by atoms with Gasteiger partial charge in [0.1, 0.15) is 6.61 Å². The predicted molar refractivity (Wildman–Crippen MR) is 147 cm³/mol. The molecule has 0 atom stereocenters. The molecule has 4 aromatic carbocycles. The molecule has 0 bridgehead atoms. The van der Waals surface area contributed by atoms with Crippen LogP contribution in [0.4, 0.5) is 5.69 Å². The molecule has 4 rings (SSSR count). The van der Waals surface area contributed by atoms with E-state index in [4.69, 9.17) is 9.47 Å². The maximum Gasteiger partial charge on any atom is 0.259 e. The number of ether oxygens (including phenoxy) is 2. The first kappa shape index (κ1) is 24.8. The molecule has 0 radical (unpaired) electrons. The van der Waals surface area contributed by atoms with Gasteiger partial charge in [0.25, 0.3) is 5.91 Å². The highest BCUT2D eigenvalue weighted by Crippen LogP contribution is 2.37. The maximum absolute atomic E-state index is 12.1. The Bertz CT molecular complexity index is 1350. The molecular formula is C27H23Br2N3O3. The molecule has 4 aromatic rings. The summed E-state index contributed by atoms with van der Waals surface area (Å²) < 4.78 is 13.4. The van der Waals surface area contributed by atoms with Crippen molar-refractivity contribution in [2.45, 2.75) is 6.61 Å². The minimum absolute atomic E-state index is 0.104. The van der Waals surface area contributed by atoms with Crippen molar-refractivity contribution in [1.82, 2.24) is 5.43 Å². The lowest BCUT2D eigenvalue weighted by Crippen LogP contribution is -2.25. The van der Waals surface area contributed by atoms with Crippen LogP contribution >= 0.6 is 31.9 Å². The molecule has 0 aromatic heterocycles. The third-order valence-corrected chi connectivity index (χ3v) is 6.32. The van der Waals surface area contributed by atoms with Gasteiger partial charge in [-0.05, 0) is 74.2 Å². The Labute approximate surface area is 220 Å². The second-order valence-electron chi connectivity index (χ2n) is 7.61. The highest BCUT2D eigenvalue weighted by atomic mass is 79.9.